The summed E-state index contributed by atoms with van der Waals surface area (Å²) in [4.78, 5) is 16.7. The molecule has 0 saturated heterocycles. The van der Waals surface area contributed by atoms with Crippen molar-refractivity contribution in [2.75, 3.05) is 6.61 Å². The molecule has 1 fully saturated rings. The van der Waals surface area contributed by atoms with Gasteiger partial charge in [-0.05, 0) is 31.0 Å². The summed E-state index contributed by atoms with van der Waals surface area (Å²) >= 11 is 0. The first kappa shape index (κ1) is 16.1. The number of ether oxygens (including phenoxy) is 1. The van der Waals surface area contributed by atoms with Gasteiger partial charge in [0, 0.05) is 30.0 Å². The number of imidazole rings is 1. The molecular formula is C18H19F2N3O2. The van der Waals surface area contributed by atoms with Gasteiger partial charge >= 0.3 is 0 Å². The van der Waals surface area contributed by atoms with Gasteiger partial charge in [0.05, 0.1) is 24.8 Å². The fraction of sp³-hybridized carbons (Fsp3) is 0.444. The summed E-state index contributed by atoms with van der Waals surface area (Å²) in [6.07, 6.45) is 4.08. The highest BCUT2D eigenvalue weighted by Crippen LogP contribution is 2.34. The number of hydrogen-bond donors (Lipinski definition) is 1. The summed E-state index contributed by atoms with van der Waals surface area (Å²) in [5, 5.41) is 2.75. The SMILES string of the molecule is O=C(N[C@H]1CCCC(F)(F)C1)c1ccc2c(c1)-c1cncn1CCO2. The van der Waals surface area contributed by atoms with Crippen molar-refractivity contribution in [3.8, 4) is 17.0 Å². The molecule has 5 nitrogen and oxygen atoms in total. The van der Waals surface area contributed by atoms with Crippen molar-refractivity contribution in [2.45, 2.75) is 44.2 Å². The van der Waals surface area contributed by atoms with Gasteiger partial charge in [-0.3, -0.25) is 4.79 Å². The number of nitrogens with one attached hydrogen (secondary N) is 1. The quantitative estimate of drug-likeness (QED) is 0.907. The summed E-state index contributed by atoms with van der Waals surface area (Å²) in [5.74, 6) is -2.33. The predicted molar refractivity (Wildman–Crippen MR) is 87.8 cm³/mol. The lowest BCUT2D eigenvalue weighted by Gasteiger charge is -2.29. The van der Waals surface area contributed by atoms with E-state index in [9.17, 15) is 13.6 Å². The molecular weight excluding hydrogens is 328 g/mol. The van der Waals surface area contributed by atoms with Crippen molar-refractivity contribution in [3.63, 3.8) is 0 Å². The monoisotopic (exact) mass is 347 g/mol. The smallest absolute Gasteiger partial charge is 0.251 e. The molecule has 0 radical (unpaired) electrons. The van der Waals surface area contributed by atoms with Crippen LogP contribution in [0.1, 0.15) is 36.0 Å². The molecule has 0 unspecified atom stereocenters. The zero-order valence-electron chi connectivity index (χ0n) is 13.7. The van der Waals surface area contributed by atoms with E-state index in [0.29, 0.717) is 37.3 Å². The maximum absolute atomic E-state index is 13.5. The van der Waals surface area contributed by atoms with E-state index < -0.39 is 12.0 Å². The number of alkyl halides is 2. The molecule has 0 bridgehead atoms. The molecule has 1 aromatic carbocycles. The van der Waals surface area contributed by atoms with Crippen LogP contribution in [0.4, 0.5) is 8.78 Å². The molecule has 1 aromatic heterocycles. The maximum Gasteiger partial charge on any atom is 0.251 e. The van der Waals surface area contributed by atoms with Crippen LogP contribution in [0.15, 0.2) is 30.7 Å². The van der Waals surface area contributed by atoms with Crippen LogP contribution in [-0.2, 0) is 6.54 Å². The average molecular weight is 347 g/mol. The standard InChI is InChI=1S/C18H19F2N3O2/c19-18(20)5-1-2-13(9-18)22-17(24)12-3-4-16-14(8-12)15-10-21-11-23(15)6-7-25-16/h3-4,8,10-11,13H,1-2,5-7,9H2,(H,22,24)/t13-/m0/s1. The number of aromatic nitrogens is 2. The van der Waals surface area contributed by atoms with Crippen LogP contribution in [0.2, 0.25) is 0 Å². The molecule has 1 atom stereocenters. The summed E-state index contributed by atoms with van der Waals surface area (Å²) in [7, 11) is 0. The van der Waals surface area contributed by atoms with Crippen LogP contribution in [0.25, 0.3) is 11.3 Å². The Labute approximate surface area is 144 Å². The molecule has 1 saturated carbocycles. The van der Waals surface area contributed by atoms with Crippen molar-refractivity contribution in [1.29, 1.82) is 0 Å². The van der Waals surface area contributed by atoms with Crippen LogP contribution in [0.5, 0.6) is 5.75 Å². The molecule has 4 rings (SSSR count). The molecule has 25 heavy (non-hydrogen) atoms. The Bertz CT molecular complexity index is 803. The molecule has 1 N–H and O–H groups in total. The first-order valence-electron chi connectivity index (χ1n) is 8.48. The van der Waals surface area contributed by atoms with E-state index in [0.717, 1.165) is 11.3 Å². The number of nitrogens with zero attached hydrogens (tertiary/aromatic N) is 2. The van der Waals surface area contributed by atoms with Crippen LogP contribution >= 0.6 is 0 Å². The predicted octanol–water partition coefficient (Wildman–Crippen LogP) is 3.25. The van der Waals surface area contributed by atoms with Crippen molar-refractivity contribution in [3.05, 3.63) is 36.3 Å². The summed E-state index contributed by atoms with van der Waals surface area (Å²) < 4.78 is 34.7. The van der Waals surface area contributed by atoms with Gasteiger partial charge in [-0.15, -0.1) is 0 Å². The van der Waals surface area contributed by atoms with Crippen molar-refractivity contribution >= 4 is 5.91 Å². The third kappa shape index (κ3) is 3.23. The second-order valence-electron chi connectivity index (χ2n) is 6.65. The molecule has 7 heteroatoms. The fourth-order valence-electron chi connectivity index (χ4n) is 3.54. The Morgan fingerprint density at radius 2 is 2.28 bits per heavy atom. The van der Waals surface area contributed by atoms with E-state index in [2.05, 4.69) is 10.3 Å². The minimum Gasteiger partial charge on any atom is -0.491 e. The van der Waals surface area contributed by atoms with Crippen LogP contribution < -0.4 is 10.1 Å². The van der Waals surface area contributed by atoms with Gasteiger partial charge in [0.15, 0.2) is 0 Å². The van der Waals surface area contributed by atoms with Gasteiger partial charge < -0.3 is 14.6 Å². The van der Waals surface area contributed by atoms with Gasteiger partial charge in [-0.1, -0.05) is 0 Å². The van der Waals surface area contributed by atoms with E-state index in [1.165, 1.54) is 0 Å². The number of fused-ring (bicyclic) bond motifs is 3. The van der Waals surface area contributed by atoms with Crippen LogP contribution in [0.3, 0.4) is 0 Å². The minimum absolute atomic E-state index is 0.0977. The second-order valence-corrected chi connectivity index (χ2v) is 6.65. The van der Waals surface area contributed by atoms with Gasteiger partial charge in [-0.25, -0.2) is 13.8 Å². The number of halogens is 2. The topological polar surface area (TPSA) is 56.2 Å². The summed E-state index contributed by atoms with van der Waals surface area (Å²) in [6, 6.07) is 4.67. The largest absolute Gasteiger partial charge is 0.491 e. The zero-order valence-corrected chi connectivity index (χ0v) is 13.7. The average Bonchev–Trinajstić information content (AvgIpc) is 2.95. The first-order valence-corrected chi connectivity index (χ1v) is 8.48. The number of carbonyl (C=O) groups excluding carboxylic acids is 1. The van der Waals surface area contributed by atoms with E-state index in [-0.39, 0.29) is 18.7 Å². The highest BCUT2D eigenvalue weighted by atomic mass is 19.3. The lowest BCUT2D eigenvalue weighted by Crippen LogP contribution is -2.42. The normalized spacial score (nSPS) is 21.4. The molecule has 1 amide bonds. The van der Waals surface area contributed by atoms with Crippen molar-refractivity contribution < 1.29 is 18.3 Å². The number of hydrogen-bond acceptors (Lipinski definition) is 3. The lowest BCUT2D eigenvalue weighted by molar-refractivity contribution is -0.0429. The Balaban J connectivity index is 1.57. The molecule has 132 valence electrons. The highest BCUT2D eigenvalue weighted by molar-refractivity contribution is 5.96. The highest BCUT2D eigenvalue weighted by Gasteiger charge is 2.36. The third-order valence-corrected chi connectivity index (χ3v) is 4.80. The Morgan fingerprint density at radius 1 is 1.40 bits per heavy atom. The second kappa shape index (κ2) is 6.13. The summed E-state index contributed by atoms with van der Waals surface area (Å²) in [6.45, 7) is 1.21. The molecule has 2 aromatic rings. The lowest BCUT2D eigenvalue weighted by atomic mass is 9.92. The van der Waals surface area contributed by atoms with E-state index in [4.69, 9.17) is 4.74 Å². The van der Waals surface area contributed by atoms with Crippen LogP contribution in [-0.4, -0.2) is 34.0 Å². The Morgan fingerprint density at radius 3 is 3.12 bits per heavy atom. The number of benzene rings is 1. The Hall–Kier alpha value is -2.44. The molecule has 1 aliphatic heterocycles. The van der Waals surface area contributed by atoms with Crippen molar-refractivity contribution in [1.82, 2.24) is 14.9 Å². The maximum atomic E-state index is 13.5. The van der Waals surface area contributed by atoms with Gasteiger partial charge in [0.2, 0.25) is 5.92 Å². The van der Waals surface area contributed by atoms with E-state index >= 15 is 0 Å². The van der Waals surface area contributed by atoms with Crippen molar-refractivity contribution in [2.24, 2.45) is 0 Å². The fourth-order valence-corrected chi connectivity index (χ4v) is 3.54. The molecule has 2 heterocycles. The van der Waals surface area contributed by atoms with Gasteiger partial charge in [0.1, 0.15) is 12.4 Å². The number of rotatable bonds is 2. The third-order valence-electron chi connectivity index (χ3n) is 4.80. The molecule has 1 aliphatic carbocycles. The van der Waals surface area contributed by atoms with Gasteiger partial charge in [-0.2, -0.15) is 0 Å². The molecule has 0 spiro atoms. The van der Waals surface area contributed by atoms with Gasteiger partial charge in [0.25, 0.3) is 5.91 Å². The number of amides is 1. The Kier molecular flexibility index (Phi) is 3.94. The molecule has 2 aliphatic rings. The zero-order chi connectivity index (χ0) is 17.4. The number of carbonyl (C=O) groups is 1. The summed E-state index contributed by atoms with van der Waals surface area (Å²) in [5.41, 5.74) is 2.11. The minimum atomic E-state index is -2.69. The van der Waals surface area contributed by atoms with E-state index in [1.54, 1.807) is 30.7 Å². The first-order chi connectivity index (χ1) is 12.0. The van der Waals surface area contributed by atoms with Crippen LogP contribution in [0, 0.1) is 0 Å². The van der Waals surface area contributed by atoms with E-state index in [1.807, 2.05) is 4.57 Å².